The number of ether oxygens (including phenoxy) is 1. The third-order valence-corrected chi connectivity index (χ3v) is 4.22. The Morgan fingerprint density at radius 3 is 2.52 bits per heavy atom. The lowest BCUT2D eigenvalue weighted by Crippen LogP contribution is -2.22. The van der Waals surface area contributed by atoms with E-state index in [1.165, 1.54) is 32.6 Å². The lowest BCUT2D eigenvalue weighted by molar-refractivity contribution is -0.116. The number of hydrogen-bond acceptors (Lipinski definition) is 3. The van der Waals surface area contributed by atoms with E-state index in [9.17, 15) is 9.90 Å². The summed E-state index contributed by atoms with van der Waals surface area (Å²) in [6, 6.07) is 7.36. The van der Waals surface area contributed by atoms with Gasteiger partial charge in [-0.1, -0.05) is 25.7 Å². The highest BCUT2D eigenvalue weighted by atomic mass is 16.5. The molecule has 116 valence electrons. The van der Waals surface area contributed by atoms with Crippen molar-refractivity contribution in [3.63, 3.8) is 0 Å². The number of aliphatic hydroxyl groups excluding tert-OH is 1. The van der Waals surface area contributed by atoms with Gasteiger partial charge < -0.3 is 14.7 Å². The first-order valence-corrected chi connectivity index (χ1v) is 7.71. The van der Waals surface area contributed by atoms with Crippen LogP contribution in [0, 0.1) is 5.92 Å². The molecule has 1 aromatic rings. The molecule has 0 radical (unpaired) electrons. The van der Waals surface area contributed by atoms with Crippen molar-refractivity contribution < 1.29 is 14.6 Å². The minimum atomic E-state index is -0.396. The predicted octanol–water partition coefficient (Wildman–Crippen LogP) is 2.99. The number of amides is 1. The minimum Gasteiger partial charge on any atom is -0.491 e. The number of anilines is 1. The molecule has 0 spiro atoms. The monoisotopic (exact) mass is 291 g/mol. The lowest BCUT2D eigenvalue weighted by atomic mass is 10.0. The smallest absolute Gasteiger partial charge is 0.223 e. The van der Waals surface area contributed by atoms with Crippen molar-refractivity contribution in [3.05, 3.63) is 24.3 Å². The Kier molecular flexibility index (Phi) is 5.62. The zero-order valence-corrected chi connectivity index (χ0v) is 12.9. The van der Waals surface area contributed by atoms with Crippen LogP contribution in [0.5, 0.6) is 5.75 Å². The average Bonchev–Trinajstić information content (AvgIpc) is 2.97. The molecule has 0 saturated heterocycles. The lowest BCUT2D eigenvalue weighted by Gasteiger charge is -2.17. The maximum Gasteiger partial charge on any atom is 0.223 e. The van der Waals surface area contributed by atoms with E-state index >= 15 is 0 Å². The van der Waals surface area contributed by atoms with Crippen molar-refractivity contribution in [2.75, 3.05) is 18.6 Å². The first kappa shape index (κ1) is 15.8. The third-order valence-electron chi connectivity index (χ3n) is 4.22. The summed E-state index contributed by atoms with van der Waals surface area (Å²) in [6.45, 7) is 1.86. The molecular weight excluding hydrogens is 266 g/mol. The summed E-state index contributed by atoms with van der Waals surface area (Å²) in [5, 5.41) is 10.0. The average molecular weight is 291 g/mol. The summed E-state index contributed by atoms with van der Waals surface area (Å²) >= 11 is 0. The molecule has 2 rings (SSSR count). The van der Waals surface area contributed by atoms with Crippen LogP contribution in [0.1, 0.15) is 39.0 Å². The van der Waals surface area contributed by atoms with Gasteiger partial charge in [-0.15, -0.1) is 0 Å². The summed E-state index contributed by atoms with van der Waals surface area (Å²) in [6.07, 6.45) is 5.51. The molecule has 0 aromatic heterocycles. The number of hydrogen-bond donors (Lipinski definition) is 1. The van der Waals surface area contributed by atoms with Gasteiger partial charge in [-0.3, -0.25) is 4.79 Å². The maximum absolute atomic E-state index is 11.3. The quantitative estimate of drug-likeness (QED) is 0.876. The first-order valence-electron chi connectivity index (χ1n) is 7.71. The Hall–Kier alpha value is -1.55. The van der Waals surface area contributed by atoms with Gasteiger partial charge in [0.2, 0.25) is 5.91 Å². The molecular formula is C17H25NO3. The van der Waals surface area contributed by atoms with Crippen molar-refractivity contribution >= 4 is 11.6 Å². The van der Waals surface area contributed by atoms with Crippen LogP contribution in [0.4, 0.5) is 5.69 Å². The third kappa shape index (κ3) is 4.74. The van der Waals surface area contributed by atoms with Gasteiger partial charge in [-0.25, -0.2) is 0 Å². The molecule has 0 bridgehead atoms. The Morgan fingerprint density at radius 2 is 1.95 bits per heavy atom. The van der Waals surface area contributed by atoms with Crippen LogP contribution in [0.3, 0.4) is 0 Å². The zero-order chi connectivity index (χ0) is 15.2. The van der Waals surface area contributed by atoms with Crippen LogP contribution >= 0.6 is 0 Å². The normalized spacial score (nSPS) is 16.7. The molecule has 1 fully saturated rings. The largest absolute Gasteiger partial charge is 0.491 e. The van der Waals surface area contributed by atoms with Crippen molar-refractivity contribution in [2.24, 2.45) is 5.92 Å². The Labute approximate surface area is 126 Å². The van der Waals surface area contributed by atoms with Crippen LogP contribution in [-0.2, 0) is 4.79 Å². The number of nitrogens with zero attached hydrogens (tertiary/aromatic N) is 1. The molecule has 0 heterocycles. The Morgan fingerprint density at radius 1 is 1.33 bits per heavy atom. The van der Waals surface area contributed by atoms with E-state index < -0.39 is 6.10 Å². The second-order valence-electron chi connectivity index (χ2n) is 5.92. The Bertz CT molecular complexity index is 452. The highest BCUT2D eigenvalue weighted by Gasteiger charge is 2.19. The van der Waals surface area contributed by atoms with E-state index in [-0.39, 0.29) is 5.91 Å². The number of aliphatic hydroxyl groups is 1. The fourth-order valence-electron chi connectivity index (χ4n) is 2.84. The van der Waals surface area contributed by atoms with Crippen molar-refractivity contribution in [2.45, 2.75) is 45.1 Å². The molecule has 1 saturated carbocycles. The van der Waals surface area contributed by atoms with Gasteiger partial charge in [-0.2, -0.15) is 0 Å². The van der Waals surface area contributed by atoms with Gasteiger partial charge in [0.25, 0.3) is 0 Å². The van der Waals surface area contributed by atoms with E-state index in [0.717, 1.165) is 17.9 Å². The molecule has 1 aliphatic carbocycles. The van der Waals surface area contributed by atoms with Gasteiger partial charge in [0, 0.05) is 19.7 Å². The summed E-state index contributed by atoms with van der Waals surface area (Å²) < 4.78 is 5.62. The Balaban J connectivity index is 1.78. The molecule has 0 unspecified atom stereocenters. The van der Waals surface area contributed by atoms with E-state index in [2.05, 4.69) is 0 Å². The van der Waals surface area contributed by atoms with Gasteiger partial charge in [-0.05, 0) is 36.6 Å². The van der Waals surface area contributed by atoms with Gasteiger partial charge in [0.15, 0.2) is 0 Å². The number of carbonyl (C=O) groups excluding carboxylic acids is 1. The highest BCUT2D eigenvalue weighted by molar-refractivity contribution is 5.90. The van der Waals surface area contributed by atoms with Crippen molar-refractivity contribution in [3.8, 4) is 5.75 Å². The molecule has 1 aliphatic rings. The molecule has 0 aliphatic heterocycles. The van der Waals surface area contributed by atoms with E-state index in [0.29, 0.717) is 12.5 Å². The fraction of sp³-hybridized carbons (Fsp3) is 0.588. The topological polar surface area (TPSA) is 49.8 Å². The van der Waals surface area contributed by atoms with Crippen LogP contribution in [0.15, 0.2) is 24.3 Å². The van der Waals surface area contributed by atoms with Crippen molar-refractivity contribution in [1.82, 2.24) is 0 Å². The van der Waals surface area contributed by atoms with Crippen LogP contribution in [-0.4, -0.2) is 30.8 Å². The number of carbonyl (C=O) groups is 1. The van der Waals surface area contributed by atoms with Gasteiger partial charge in [0.1, 0.15) is 12.4 Å². The number of rotatable bonds is 6. The van der Waals surface area contributed by atoms with Crippen LogP contribution in [0.25, 0.3) is 0 Å². The SMILES string of the molecule is CC(=O)N(C)c1ccc(OC[C@@H](O)CC2CCCC2)cc1. The van der Waals surface area contributed by atoms with Gasteiger partial charge >= 0.3 is 0 Å². The molecule has 1 aromatic carbocycles. The van der Waals surface area contributed by atoms with E-state index in [4.69, 9.17) is 4.74 Å². The maximum atomic E-state index is 11.3. The van der Waals surface area contributed by atoms with Crippen LogP contribution in [0.2, 0.25) is 0 Å². The standard InChI is InChI=1S/C17H25NO3/c1-13(19)18(2)15-7-9-17(10-8-15)21-12-16(20)11-14-5-3-4-6-14/h7-10,14,16,20H,3-6,11-12H2,1-2H3/t16-/m0/s1. The minimum absolute atomic E-state index is 0.00402. The molecule has 1 atom stereocenters. The molecule has 4 nitrogen and oxygen atoms in total. The second kappa shape index (κ2) is 7.46. The van der Waals surface area contributed by atoms with Gasteiger partial charge in [0.05, 0.1) is 6.10 Å². The molecule has 21 heavy (non-hydrogen) atoms. The first-order chi connectivity index (χ1) is 10.1. The number of benzene rings is 1. The molecule has 4 heteroatoms. The van der Waals surface area contributed by atoms with Crippen LogP contribution < -0.4 is 9.64 Å². The highest BCUT2D eigenvalue weighted by Crippen LogP contribution is 2.28. The summed E-state index contributed by atoms with van der Waals surface area (Å²) in [5.41, 5.74) is 0.835. The van der Waals surface area contributed by atoms with E-state index in [1.54, 1.807) is 11.9 Å². The predicted molar refractivity (Wildman–Crippen MR) is 83.6 cm³/mol. The molecule has 1 N–H and O–H groups in total. The van der Waals surface area contributed by atoms with Crippen molar-refractivity contribution in [1.29, 1.82) is 0 Å². The molecule has 1 amide bonds. The van der Waals surface area contributed by atoms with E-state index in [1.807, 2.05) is 24.3 Å². The second-order valence-corrected chi connectivity index (χ2v) is 5.92. The zero-order valence-electron chi connectivity index (χ0n) is 12.9. The summed E-state index contributed by atoms with van der Waals surface area (Å²) in [7, 11) is 1.74. The summed E-state index contributed by atoms with van der Waals surface area (Å²) in [5.74, 6) is 1.38. The fourth-order valence-corrected chi connectivity index (χ4v) is 2.84. The summed E-state index contributed by atoms with van der Waals surface area (Å²) in [4.78, 5) is 12.9.